The van der Waals surface area contributed by atoms with E-state index in [1.807, 2.05) is 24.3 Å². The van der Waals surface area contributed by atoms with Gasteiger partial charge in [0.2, 0.25) is 0 Å². The molecule has 3 aromatic carbocycles. The number of methoxy groups -OCH3 is 2. The van der Waals surface area contributed by atoms with Crippen molar-refractivity contribution in [3.8, 4) is 17.2 Å². The van der Waals surface area contributed by atoms with Crippen molar-refractivity contribution in [2.75, 3.05) is 19.5 Å². The highest BCUT2D eigenvalue weighted by Crippen LogP contribution is 2.18. The molecule has 6 nitrogen and oxygen atoms in total. The van der Waals surface area contributed by atoms with Crippen LogP contribution in [-0.4, -0.2) is 26.1 Å². The molecule has 0 radical (unpaired) electrons. The van der Waals surface area contributed by atoms with Gasteiger partial charge in [0, 0.05) is 17.7 Å². The molecule has 3 aromatic rings. The Bertz CT molecular complexity index is 980. The highest BCUT2D eigenvalue weighted by atomic mass is 16.5. The van der Waals surface area contributed by atoms with E-state index in [1.165, 1.54) is 0 Å². The van der Waals surface area contributed by atoms with Crippen molar-refractivity contribution < 1.29 is 23.8 Å². The number of hydrogen-bond acceptors (Lipinski definition) is 5. The number of ether oxygens (including phenoxy) is 3. The Balaban J connectivity index is 1.50. The molecule has 30 heavy (non-hydrogen) atoms. The van der Waals surface area contributed by atoms with Crippen molar-refractivity contribution in [3.05, 3.63) is 83.9 Å². The lowest BCUT2D eigenvalue weighted by Crippen LogP contribution is -2.12. The predicted octanol–water partition coefficient (Wildman–Crippen LogP) is 4.49. The van der Waals surface area contributed by atoms with Gasteiger partial charge in [-0.05, 0) is 72.6 Å². The fourth-order valence-electron chi connectivity index (χ4n) is 2.77. The maximum Gasteiger partial charge on any atom is 0.311 e. The molecule has 0 aliphatic carbocycles. The lowest BCUT2D eigenvalue weighted by Gasteiger charge is -2.08. The fourth-order valence-corrected chi connectivity index (χ4v) is 2.77. The van der Waals surface area contributed by atoms with Gasteiger partial charge in [-0.25, -0.2) is 0 Å². The van der Waals surface area contributed by atoms with E-state index in [1.54, 1.807) is 62.8 Å². The average molecular weight is 405 g/mol. The van der Waals surface area contributed by atoms with Gasteiger partial charge in [0.05, 0.1) is 14.2 Å². The number of carbonyl (C=O) groups is 2. The van der Waals surface area contributed by atoms with Gasteiger partial charge < -0.3 is 19.5 Å². The Morgan fingerprint density at radius 2 is 1.27 bits per heavy atom. The predicted molar refractivity (Wildman–Crippen MR) is 114 cm³/mol. The van der Waals surface area contributed by atoms with E-state index in [0.717, 1.165) is 11.3 Å². The van der Waals surface area contributed by atoms with Gasteiger partial charge in [-0.2, -0.15) is 0 Å². The normalized spacial score (nSPS) is 10.2. The second-order valence-electron chi connectivity index (χ2n) is 6.53. The Hall–Kier alpha value is -3.80. The molecule has 0 fully saturated rings. The van der Waals surface area contributed by atoms with Crippen molar-refractivity contribution in [3.63, 3.8) is 0 Å². The number of hydrogen-bond donors (Lipinski definition) is 1. The minimum absolute atomic E-state index is 0.252. The van der Waals surface area contributed by atoms with Crippen LogP contribution in [0.25, 0.3) is 0 Å². The van der Waals surface area contributed by atoms with Crippen LogP contribution in [0.3, 0.4) is 0 Å². The number of esters is 1. The summed E-state index contributed by atoms with van der Waals surface area (Å²) in [5.74, 6) is 1.30. The van der Waals surface area contributed by atoms with Crippen LogP contribution in [0.5, 0.6) is 17.2 Å². The van der Waals surface area contributed by atoms with Crippen molar-refractivity contribution >= 4 is 17.6 Å². The van der Waals surface area contributed by atoms with Gasteiger partial charge in [0.25, 0.3) is 5.91 Å². The van der Waals surface area contributed by atoms with Crippen LogP contribution in [0.15, 0.2) is 72.8 Å². The Morgan fingerprint density at radius 1 is 0.733 bits per heavy atom. The van der Waals surface area contributed by atoms with Gasteiger partial charge >= 0.3 is 5.97 Å². The summed E-state index contributed by atoms with van der Waals surface area (Å²) < 4.78 is 15.6. The van der Waals surface area contributed by atoms with E-state index >= 15 is 0 Å². The van der Waals surface area contributed by atoms with E-state index in [4.69, 9.17) is 14.2 Å². The molecule has 1 amide bonds. The molecule has 0 aliphatic rings. The van der Waals surface area contributed by atoms with E-state index in [2.05, 4.69) is 5.32 Å². The van der Waals surface area contributed by atoms with Gasteiger partial charge in [-0.1, -0.05) is 12.1 Å². The van der Waals surface area contributed by atoms with Crippen LogP contribution in [0, 0.1) is 0 Å². The van der Waals surface area contributed by atoms with Crippen molar-refractivity contribution in [2.24, 2.45) is 0 Å². The number of nitrogens with one attached hydrogen (secondary N) is 1. The number of carbonyl (C=O) groups excluding carboxylic acids is 2. The summed E-state index contributed by atoms with van der Waals surface area (Å²) in [5.41, 5.74) is 2.15. The SMILES string of the molecule is COc1ccc(CCC(=O)Oc2ccc(C(=O)Nc3ccc(OC)cc3)cc2)cc1. The first-order valence-electron chi connectivity index (χ1n) is 9.46. The van der Waals surface area contributed by atoms with Crippen LogP contribution >= 0.6 is 0 Å². The summed E-state index contributed by atoms with van der Waals surface area (Å²) >= 11 is 0. The van der Waals surface area contributed by atoms with E-state index in [0.29, 0.717) is 29.2 Å². The molecular weight excluding hydrogens is 382 g/mol. The zero-order valence-electron chi connectivity index (χ0n) is 16.9. The van der Waals surface area contributed by atoms with Crippen LogP contribution in [0.2, 0.25) is 0 Å². The maximum absolute atomic E-state index is 12.3. The molecule has 0 aromatic heterocycles. The topological polar surface area (TPSA) is 73.9 Å². The average Bonchev–Trinajstić information content (AvgIpc) is 2.79. The van der Waals surface area contributed by atoms with Crippen LogP contribution in [-0.2, 0) is 11.2 Å². The molecule has 0 unspecified atom stereocenters. The molecule has 6 heteroatoms. The van der Waals surface area contributed by atoms with Gasteiger partial charge in [0.15, 0.2) is 0 Å². The number of rotatable bonds is 8. The second-order valence-corrected chi connectivity index (χ2v) is 6.53. The minimum atomic E-state index is -0.332. The number of aryl methyl sites for hydroxylation is 1. The molecule has 0 atom stereocenters. The zero-order valence-corrected chi connectivity index (χ0v) is 16.9. The number of anilines is 1. The number of amides is 1. The second kappa shape index (κ2) is 10.1. The van der Waals surface area contributed by atoms with Crippen LogP contribution in [0.1, 0.15) is 22.3 Å². The zero-order chi connectivity index (χ0) is 21.3. The first-order valence-corrected chi connectivity index (χ1v) is 9.46. The third kappa shape index (κ3) is 5.85. The minimum Gasteiger partial charge on any atom is -0.497 e. The summed E-state index contributed by atoms with van der Waals surface area (Å²) in [6.07, 6.45) is 0.831. The summed E-state index contributed by atoms with van der Waals surface area (Å²) in [5, 5.41) is 2.81. The Morgan fingerprint density at radius 3 is 1.83 bits per heavy atom. The van der Waals surface area contributed by atoms with Crippen molar-refractivity contribution in [1.82, 2.24) is 0 Å². The van der Waals surface area contributed by atoms with E-state index in [9.17, 15) is 9.59 Å². The summed E-state index contributed by atoms with van der Waals surface area (Å²) in [6, 6.07) is 21.1. The monoisotopic (exact) mass is 405 g/mol. The van der Waals surface area contributed by atoms with Crippen LogP contribution < -0.4 is 19.5 Å². The summed E-state index contributed by atoms with van der Waals surface area (Å²) in [6.45, 7) is 0. The molecule has 0 saturated carbocycles. The van der Waals surface area contributed by atoms with Gasteiger partial charge in [-0.15, -0.1) is 0 Å². The molecule has 0 heterocycles. The highest BCUT2D eigenvalue weighted by molar-refractivity contribution is 6.04. The molecular formula is C24H23NO5. The standard InChI is InChI=1S/C24H23NO5/c1-28-20-10-3-17(4-11-20)5-16-23(26)30-22-12-6-18(7-13-22)24(27)25-19-8-14-21(29-2)15-9-19/h3-4,6-15H,5,16H2,1-2H3,(H,25,27). The van der Waals surface area contributed by atoms with Crippen LogP contribution in [0.4, 0.5) is 5.69 Å². The molecule has 154 valence electrons. The molecule has 0 saturated heterocycles. The molecule has 0 bridgehead atoms. The third-order valence-electron chi connectivity index (χ3n) is 4.47. The first-order chi connectivity index (χ1) is 14.6. The lowest BCUT2D eigenvalue weighted by molar-refractivity contribution is -0.134. The largest absolute Gasteiger partial charge is 0.497 e. The summed E-state index contributed by atoms with van der Waals surface area (Å²) in [7, 11) is 3.20. The first kappa shape index (κ1) is 20.9. The van der Waals surface area contributed by atoms with Gasteiger partial charge in [0.1, 0.15) is 17.2 Å². The molecule has 0 aliphatic heterocycles. The fraction of sp³-hybridized carbons (Fsp3) is 0.167. The Labute approximate surface area is 175 Å². The number of benzene rings is 3. The third-order valence-corrected chi connectivity index (χ3v) is 4.47. The lowest BCUT2D eigenvalue weighted by atomic mass is 10.1. The van der Waals surface area contributed by atoms with Crippen molar-refractivity contribution in [2.45, 2.75) is 12.8 Å². The quantitative estimate of drug-likeness (QED) is 0.441. The van der Waals surface area contributed by atoms with E-state index in [-0.39, 0.29) is 18.3 Å². The molecule has 0 spiro atoms. The Kier molecular flexibility index (Phi) is 7.05. The van der Waals surface area contributed by atoms with E-state index < -0.39 is 0 Å². The molecule has 3 rings (SSSR count). The summed E-state index contributed by atoms with van der Waals surface area (Å²) in [4.78, 5) is 24.4. The maximum atomic E-state index is 12.3. The van der Waals surface area contributed by atoms with Crippen molar-refractivity contribution in [1.29, 1.82) is 0 Å². The molecule has 1 N–H and O–H groups in total. The smallest absolute Gasteiger partial charge is 0.311 e. The van der Waals surface area contributed by atoms with Gasteiger partial charge in [-0.3, -0.25) is 9.59 Å². The highest BCUT2D eigenvalue weighted by Gasteiger charge is 2.09.